The molecule has 0 aromatic carbocycles. The van der Waals surface area contributed by atoms with Crippen molar-refractivity contribution < 1.29 is 13.2 Å². The highest BCUT2D eigenvalue weighted by molar-refractivity contribution is 5.59. The number of aryl methyl sites for hydroxylation is 1. The average molecular weight is 394 g/mol. The minimum Gasteiger partial charge on any atom is -0.372 e. The molecule has 2 aromatic heterocycles. The summed E-state index contributed by atoms with van der Waals surface area (Å²) in [6, 6.07) is 2.06. The minimum atomic E-state index is -4.17. The Morgan fingerprint density at radius 2 is 2.04 bits per heavy atom. The quantitative estimate of drug-likeness (QED) is 0.805. The Hall–Kier alpha value is -2.87. The molecule has 3 heterocycles. The molecule has 2 aromatic rings. The molecule has 1 aliphatic heterocycles. The van der Waals surface area contributed by atoms with Crippen LogP contribution in [0.3, 0.4) is 0 Å². The van der Waals surface area contributed by atoms with Crippen LogP contribution in [0.15, 0.2) is 12.4 Å². The molecule has 3 rings (SSSR count). The number of anilines is 3. The van der Waals surface area contributed by atoms with E-state index in [1.165, 1.54) is 11.1 Å². The number of nitrogens with zero attached hydrogens (tertiary/aromatic N) is 6. The number of likely N-dealkylation sites (tertiary alicyclic amines) is 1. The summed E-state index contributed by atoms with van der Waals surface area (Å²) in [6.07, 6.45) is 0.290. The van der Waals surface area contributed by atoms with Gasteiger partial charge in [-0.1, -0.05) is 0 Å². The van der Waals surface area contributed by atoms with Crippen molar-refractivity contribution in [2.45, 2.75) is 32.0 Å². The summed E-state index contributed by atoms with van der Waals surface area (Å²) in [7, 11) is 1.67. The largest absolute Gasteiger partial charge is 0.401 e. The fourth-order valence-electron chi connectivity index (χ4n) is 3.22. The maximum absolute atomic E-state index is 12.5. The van der Waals surface area contributed by atoms with E-state index < -0.39 is 12.7 Å². The summed E-state index contributed by atoms with van der Waals surface area (Å²) in [4.78, 5) is 9.81. The summed E-state index contributed by atoms with van der Waals surface area (Å²) < 4.78 is 39.4. The van der Waals surface area contributed by atoms with E-state index >= 15 is 0 Å². The van der Waals surface area contributed by atoms with Crippen LogP contribution in [-0.4, -0.2) is 57.5 Å². The second-order valence-electron chi connectivity index (χ2n) is 6.67. The van der Waals surface area contributed by atoms with Gasteiger partial charge in [0.25, 0.3) is 0 Å². The Balaban J connectivity index is 1.67. The predicted molar refractivity (Wildman–Crippen MR) is 97.3 cm³/mol. The van der Waals surface area contributed by atoms with Gasteiger partial charge in [0, 0.05) is 26.3 Å². The first-order chi connectivity index (χ1) is 13.3. The highest BCUT2D eigenvalue weighted by atomic mass is 19.4. The summed E-state index contributed by atoms with van der Waals surface area (Å²) in [5.74, 6) is 0.744. The highest BCUT2D eigenvalue weighted by Crippen LogP contribution is 2.28. The number of aromatic nitrogens is 4. The number of halogens is 3. The molecule has 0 radical (unpaired) electrons. The van der Waals surface area contributed by atoms with Gasteiger partial charge in [0.2, 0.25) is 5.95 Å². The lowest BCUT2D eigenvalue weighted by Gasteiger charge is -2.32. The monoisotopic (exact) mass is 394 g/mol. The van der Waals surface area contributed by atoms with Crippen LogP contribution in [-0.2, 0) is 0 Å². The van der Waals surface area contributed by atoms with E-state index in [9.17, 15) is 13.2 Å². The maximum atomic E-state index is 12.5. The molecule has 1 saturated heterocycles. The molecule has 2 N–H and O–H groups in total. The number of piperidine rings is 1. The standard InChI is InChI=1S/C17H21F3N8/c1-11-14(24-16-23-8-12(7-21)15(22-2)25-16)9-28(26-11)13-3-5-27(6-4-13)10-17(18,19)20/h8-9,13H,3-6,10H2,1-2H3,(H2,22,23,24,25). The highest BCUT2D eigenvalue weighted by Gasteiger charge is 2.33. The topological polar surface area (TPSA) is 94.7 Å². The zero-order valence-electron chi connectivity index (χ0n) is 15.6. The van der Waals surface area contributed by atoms with Gasteiger partial charge in [-0.15, -0.1) is 0 Å². The molecule has 1 aliphatic rings. The molecule has 0 amide bonds. The lowest BCUT2D eigenvalue weighted by Crippen LogP contribution is -2.40. The summed E-state index contributed by atoms with van der Waals surface area (Å²) in [6.45, 7) is 1.74. The number of hydrogen-bond donors (Lipinski definition) is 2. The van der Waals surface area contributed by atoms with E-state index in [0.29, 0.717) is 48.9 Å². The van der Waals surface area contributed by atoms with Gasteiger partial charge in [-0.05, 0) is 19.8 Å². The molecule has 0 aliphatic carbocycles. The van der Waals surface area contributed by atoms with Crippen molar-refractivity contribution >= 4 is 17.5 Å². The first kappa shape index (κ1) is 19.9. The molecule has 0 spiro atoms. The molecule has 150 valence electrons. The third-order valence-electron chi connectivity index (χ3n) is 4.64. The molecular weight excluding hydrogens is 373 g/mol. The first-order valence-electron chi connectivity index (χ1n) is 8.86. The summed E-state index contributed by atoms with van der Waals surface area (Å²) >= 11 is 0. The van der Waals surface area contributed by atoms with Gasteiger partial charge in [0.1, 0.15) is 17.5 Å². The molecule has 8 nitrogen and oxygen atoms in total. The molecule has 11 heteroatoms. The normalized spacial score (nSPS) is 16.0. The zero-order valence-corrected chi connectivity index (χ0v) is 15.6. The van der Waals surface area contributed by atoms with Crippen molar-refractivity contribution in [3.05, 3.63) is 23.7 Å². The summed E-state index contributed by atoms with van der Waals surface area (Å²) in [5, 5.41) is 19.5. The molecule has 28 heavy (non-hydrogen) atoms. The van der Waals surface area contributed by atoms with E-state index in [4.69, 9.17) is 5.26 Å². The van der Waals surface area contributed by atoms with Crippen LogP contribution in [0.5, 0.6) is 0 Å². The Kier molecular flexibility index (Phi) is 5.69. The molecule has 0 saturated carbocycles. The minimum absolute atomic E-state index is 0.0495. The van der Waals surface area contributed by atoms with Gasteiger partial charge in [0.05, 0.1) is 30.2 Å². The third kappa shape index (κ3) is 4.69. The van der Waals surface area contributed by atoms with Crippen molar-refractivity contribution in [2.24, 2.45) is 0 Å². The second-order valence-corrected chi connectivity index (χ2v) is 6.67. The van der Waals surface area contributed by atoms with Crippen LogP contribution < -0.4 is 10.6 Å². The molecular formula is C17H21F3N8. The summed E-state index contributed by atoms with van der Waals surface area (Å²) in [5.41, 5.74) is 1.78. The Bertz CT molecular complexity index is 862. The van der Waals surface area contributed by atoms with Crippen LogP contribution in [0.25, 0.3) is 0 Å². The average Bonchev–Trinajstić information content (AvgIpc) is 3.01. The molecule has 0 bridgehead atoms. The molecule has 1 fully saturated rings. The zero-order chi connectivity index (χ0) is 20.3. The van der Waals surface area contributed by atoms with Gasteiger partial charge in [-0.2, -0.15) is 28.5 Å². The number of nitrogens with one attached hydrogen (secondary N) is 2. The molecule has 0 atom stereocenters. The van der Waals surface area contributed by atoms with Crippen LogP contribution in [0.2, 0.25) is 0 Å². The van der Waals surface area contributed by atoms with Gasteiger partial charge < -0.3 is 10.6 Å². The number of rotatable bonds is 5. The SMILES string of the molecule is CNc1nc(Nc2cn(C3CCN(CC(F)(F)F)CC3)nc2C)ncc1C#N. The van der Waals surface area contributed by atoms with Crippen molar-refractivity contribution in [1.82, 2.24) is 24.6 Å². The second kappa shape index (κ2) is 8.02. The third-order valence-corrected chi connectivity index (χ3v) is 4.64. The van der Waals surface area contributed by atoms with E-state index in [2.05, 4.69) is 25.7 Å². The van der Waals surface area contributed by atoms with Crippen molar-refractivity contribution in [2.75, 3.05) is 37.3 Å². The van der Waals surface area contributed by atoms with Crippen molar-refractivity contribution in [1.29, 1.82) is 5.26 Å². The fraction of sp³-hybridized carbons (Fsp3) is 0.529. The van der Waals surface area contributed by atoms with Crippen LogP contribution >= 0.6 is 0 Å². The first-order valence-corrected chi connectivity index (χ1v) is 8.86. The Morgan fingerprint density at radius 1 is 1.32 bits per heavy atom. The van der Waals surface area contributed by atoms with Gasteiger partial charge in [0.15, 0.2) is 0 Å². The van der Waals surface area contributed by atoms with Gasteiger partial charge in [-0.3, -0.25) is 9.58 Å². The van der Waals surface area contributed by atoms with Crippen LogP contribution in [0, 0.1) is 18.3 Å². The predicted octanol–water partition coefficient (Wildman–Crippen LogP) is 2.84. The van der Waals surface area contributed by atoms with Gasteiger partial charge in [-0.25, -0.2) is 4.98 Å². The number of nitriles is 1. The lowest BCUT2D eigenvalue weighted by atomic mass is 10.1. The lowest BCUT2D eigenvalue weighted by molar-refractivity contribution is -0.148. The number of alkyl halides is 3. The van der Waals surface area contributed by atoms with Crippen molar-refractivity contribution in [3.8, 4) is 6.07 Å². The van der Waals surface area contributed by atoms with E-state index in [1.807, 2.05) is 19.2 Å². The van der Waals surface area contributed by atoms with Crippen LogP contribution in [0.4, 0.5) is 30.6 Å². The van der Waals surface area contributed by atoms with E-state index in [-0.39, 0.29) is 6.04 Å². The molecule has 0 unspecified atom stereocenters. The Morgan fingerprint density at radius 3 is 2.64 bits per heavy atom. The fourth-order valence-corrected chi connectivity index (χ4v) is 3.22. The van der Waals surface area contributed by atoms with E-state index in [0.717, 1.165) is 5.69 Å². The van der Waals surface area contributed by atoms with Crippen LogP contribution in [0.1, 0.15) is 30.1 Å². The van der Waals surface area contributed by atoms with E-state index in [1.54, 1.807) is 11.7 Å². The Labute approximate surface area is 160 Å². The van der Waals surface area contributed by atoms with Gasteiger partial charge >= 0.3 is 6.18 Å². The van der Waals surface area contributed by atoms with Crippen molar-refractivity contribution in [3.63, 3.8) is 0 Å². The number of hydrogen-bond acceptors (Lipinski definition) is 7. The smallest absolute Gasteiger partial charge is 0.372 e. The maximum Gasteiger partial charge on any atom is 0.401 e.